The van der Waals surface area contributed by atoms with Crippen molar-refractivity contribution in [1.29, 1.82) is 0 Å². The van der Waals surface area contributed by atoms with E-state index >= 15 is 0 Å². The molecule has 2 N–H and O–H groups in total. The lowest BCUT2D eigenvalue weighted by Crippen LogP contribution is -2.14. The molecule has 1 aromatic carbocycles. The minimum atomic E-state index is -0.450. The van der Waals surface area contributed by atoms with Gasteiger partial charge in [-0.3, -0.25) is 9.78 Å². The van der Waals surface area contributed by atoms with Gasteiger partial charge in [-0.2, -0.15) is 0 Å². The monoisotopic (exact) mass is 431 g/mol. The molecular weight excluding hydrogens is 410 g/mol. The Bertz CT molecular complexity index is 1260. The predicted molar refractivity (Wildman–Crippen MR) is 118 cm³/mol. The van der Waals surface area contributed by atoms with Crippen molar-refractivity contribution in [1.82, 2.24) is 9.97 Å². The van der Waals surface area contributed by atoms with E-state index in [0.29, 0.717) is 28.6 Å². The molecule has 0 fully saturated rings. The summed E-state index contributed by atoms with van der Waals surface area (Å²) in [6.07, 6.45) is 4.81. The molecule has 4 rings (SSSR count). The summed E-state index contributed by atoms with van der Waals surface area (Å²) in [7, 11) is 1.33. The van der Waals surface area contributed by atoms with Gasteiger partial charge in [-0.05, 0) is 42.8 Å². The topological polar surface area (TPSA) is 106 Å². The summed E-state index contributed by atoms with van der Waals surface area (Å²) >= 11 is 0. The van der Waals surface area contributed by atoms with Gasteiger partial charge >= 0.3 is 5.97 Å². The van der Waals surface area contributed by atoms with Crippen molar-refractivity contribution in [3.8, 4) is 22.8 Å². The SMILES string of the molecule is COC(=O)c1cc(-c2cc(Oc3cccc(NCC(=O)c4occc4C)c3)ccn2)c[nH]1. The van der Waals surface area contributed by atoms with Crippen molar-refractivity contribution in [2.45, 2.75) is 6.92 Å². The van der Waals surface area contributed by atoms with E-state index in [-0.39, 0.29) is 12.3 Å². The number of ketones is 1. The second kappa shape index (κ2) is 9.22. The van der Waals surface area contributed by atoms with Crippen molar-refractivity contribution in [3.05, 3.63) is 84.2 Å². The van der Waals surface area contributed by atoms with Gasteiger partial charge in [0, 0.05) is 35.8 Å². The first kappa shape index (κ1) is 20.9. The molecule has 162 valence electrons. The number of aromatic nitrogens is 2. The smallest absolute Gasteiger partial charge is 0.354 e. The summed E-state index contributed by atoms with van der Waals surface area (Å²) in [6.45, 7) is 1.94. The number of carbonyl (C=O) groups excluding carboxylic acids is 2. The van der Waals surface area contributed by atoms with E-state index in [1.165, 1.54) is 13.4 Å². The first-order valence-electron chi connectivity index (χ1n) is 9.86. The number of hydrogen-bond donors (Lipinski definition) is 2. The average Bonchev–Trinajstić information content (AvgIpc) is 3.47. The maximum atomic E-state index is 12.3. The summed E-state index contributed by atoms with van der Waals surface area (Å²) in [6, 6.07) is 14.2. The fourth-order valence-corrected chi connectivity index (χ4v) is 3.13. The number of methoxy groups -OCH3 is 1. The molecular formula is C24H21N3O5. The summed E-state index contributed by atoms with van der Waals surface area (Å²) in [4.78, 5) is 31.1. The fourth-order valence-electron chi connectivity index (χ4n) is 3.13. The van der Waals surface area contributed by atoms with Gasteiger partial charge in [0.1, 0.15) is 17.2 Å². The largest absolute Gasteiger partial charge is 0.464 e. The molecule has 0 unspecified atom stereocenters. The zero-order chi connectivity index (χ0) is 22.5. The predicted octanol–water partition coefficient (Wildman–Crippen LogP) is 4.85. The van der Waals surface area contributed by atoms with E-state index in [2.05, 4.69) is 15.3 Å². The molecule has 0 amide bonds. The molecule has 8 heteroatoms. The number of esters is 1. The number of rotatable bonds is 8. The highest BCUT2D eigenvalue weighted by atomic mass is 16.5. The summed E-state index contributed by atoms with van der Waals surface area (Å²) in [5, 5.41) is 3.09. The molecule has 32 heavy (non-hydrogen) atoms. The van der Waals surface area contributed by atoms with Gasteiger partial charge in [0.2, 0.25) is 5.78 Å². The Labute approximate surface area is 184 Å². The van der Waals surface area contributed by atoms with Crippen LogP contribution in [0.2, 0.25) is 0 Å². The Morgan fingerprint density at radius 3 is 2.75 bits per heavy atom. The lowest BCUT2D eigenvalue weighted by molar-refractivity contribution is 0.0594. The molecule has 0 aliphatic rings. The molecule has 8 nitrogen and oxygen atoms in total. The molecule has 0 saturated heterocycles. The van der Waals surface area contributed by atoms with E-state index in [9.17, 15) is 9.59 Å². The molecule has 0 saturated carbocycles. The number of aryl methyl sites for hydroxylation is 1. The van der Waals surface area contributed by atoms with Crippen molar-refractivity contribution < 1.29 is 23.5 Å². The van der Waals surface area contributed by atoms with Crippen molar-refractivity contribution in [2.75, 3.05) is 19.0 Å². The Hall–Kier alpha value is -4.33. The van der Waals surface area contributed by atoms with Crippen molar-refractivity contribution in [2.24, 2.45) is 0 Å². The van der Waals surface area contributed by atoms with Gasteiger partial charge in [0.25, 0.3) is 0 Å². The Morgan fingerprint density at radius 1 is 1.12 bits per heavy atom. The van der Waals surface area contributed by atoms with Crippen LogP contribution in [-0.4, -0.2) is 35.4 Å². The van der Waals surface area contributed by atoms with Crippen LogP contribution in [0, 0.1) is 6.92 Å². The molecule has 0 spiro atoms. The maximum Gasteiger partial charge on any atom is 0.354 e. The number of ether oxygens (including phenoxy) is 2. The zero-order valence-electron chi connectivity index (χ0n) is 17.5. The molecule has 0 bridgehead atoms. The first-order valence-corrected chi connectivity index (χ1v) is 9.86. The maximum absolute atomic E-state index is 12.3. The highest BCUT2D eigenvalue weighted by Gasteiger charge is 2.13. The van der Waals surface area contributed by atoms with Crippen LogP contribution in [0.1, 0.15) is 26.6 Å². The number of H-pyrrole nitrogens is 1. The number of pyridine rings is 1. The number of nitrogens with zero attached hydrogens (tertiary/aromatic N) is 1. The van der Waals surface area contributed by atoms with Crippen LogP contribution in [0.15, 0.2) is 71.6 Å². The van der Waals surface area contributed by atoms with E-state index in [0.717, 1.165) is 16.8 Å². The van der Waals surface area contributed by atoms with Crippen LogP contribution >= 0.6 is 0 Å². The highest BCUT2D eigenvalue weighted by molar-refractivity contribution is 5.97. The molecule has 4 aromatic rings. The van der Waals surface area contributed by atoms with Crippen LogP contribution in [0.5, 0.6) is 11.5 Å². The minimum Gasteiger partial charge on any atom is -0.464 e. The number of nitrogens with one attached hydrogen (secondary N) is 2. The van der Waals surface area contributed by atoms with Gasteiger partial charge in [-0.15, -0.1) is 0 Å². The number of furan rings is 1. The number of hydrogen-bond acceptors (Lipinski definition) is 7. The quantitative estimate of drug-likeness (QED) is 0.303. The molecule has 0 aliphatic carbocycles. The van der Waals surface area contributed by atoms with Crippen LogP contribution in [-0.2, 0) is 4.74 Å². The zero-order valence-corrected chi connectivity index (χ0v) is 17.5. The number of anilines is 1. The lowest BCUT2D eigenvalue weighted by Gasteiger charge is -2.10. The van der Waals surface area contributed by atoms with E-state index in [1.54, 1.807) is 42.7 Å². The molecule has 0 aliphatic heterocycles. The minimum absolute atomic E-state index is 0.104. The van der Waals surface area contributed by atoms with Crippen molar-refractivity contribution >= 4 is 17.4 Å². The Kier molecular flexibility index (Phi) is 6.03. The van der Waals surface area contributed by atoms with Gasteiger partial charge in [-0.25, -0.2) is 4.79 Å². The average molecular weight is 431 g/mol. The summed E-state index contributed by atoms with van der Waals surface area (Å²) in [5.74, 6) is 0.951. The van der Waals surface area contributed by atoms with Crippen LogP contribution in [0.25, 0.3) is 11.3 Å². The number of carbonyl (C=O) groups is 2. The van der Waals surface area contributed by atoms with Crippen LogP contribution in [0.3, 0.4) is 0 Å². The van der Waals surface area contributed by atoms with Crippen LogP contribution < -0.4 is 10.1 Å². The van der Waals surface area contributed by atoms with Gasteiger partial charge in [-0.1, -0.05) is 6.07 Å². The number of Topliss-reactive ketones (excluding diaryl/α,β-unsaturated/α-hetero) is 1. The summed E-state index contributed by atoms with van der Waals surface area (Å²) < 4.78 is 15.9. The van der Waals surface area contributed by atoms with Gasteiger partial charge < -0.3 is 24.2 Å². The molecule has 0 atom stereocenters. The fraction of sp³-hybridized carbons (Fsp3) is 0.125. The Morgan fingerprint density at radius 2 is 1.97 bits per heavy atom. The van der Waals surface area contributed by atoms with Gasteiger partial charge in [0.15, 0.2) is 5.76 Å². The third-order valence-electron chi connectivity index (χ3n) is 4.75. The third kappa shape index (κ3) is 4.70. The van der Waals surface area contributed by atoms with E-state index in [1.807, 2.05) is 25.1 Å². The van der Waals surface area contributed by atoms with Gasteiger partial charge in [0.05, 0.1) is 25.6 Å². The summed E-state index contributed by atoms with van der Waals surface area (Å²) in [5.41, 5.74) is 3.26. The standard InChI is InChI=1S/C24H21N3O5/c1-15-7-9-31-23(15)22(28)14-26-17-4-3-5-18(11-17)32-19-6-8-25-20(12-19)16-10-21(27-13-16)24(29)30-2/h3-13,26-27H,14H2,1-2H3. The molecule has 0 radical (unpaired) electrons. The number of aromatic amines is 1. The van der Waals surface area contributed by atoms with Crippen molar-refractivity contribution in [3.63, 3.8) is 0 Å². The lowest BCUT2D eigenvalue weighted by atomic mass is 10.2. The van der Waals surface area contributed by atoms with E-state index in [4.69, 9.17) is 13.9 Å². The molecule has 3 aromatic heterocycles. The first-order chi connectivity index (χ1) is 15.5. The van der Waals surface area contributed by atoms with E-state index < -0.39 is 5.97 Å². The Balaban J connectivity index is 1.44. The van der Waals surface area contributed by atoms with Crippen LogP contribution in [0.4, 0.5) is 5.69 Å². The third-order valence-corrected chi connectivity index (χ3v) is 4.75. The molecule has 3 heterocycles. The number of benzene rings is 1. The normalized spacial score (nSPS) is 10.6. The second-order valence-electron chi connectivity index (χ2n) is 7.01. The second-order valence-corrected chi connectivity index (χ2v) is 7.01. The highest BCUT2D eigenvalue weighted by Crippen LogP contribution is 2.27.